The fraction of sp³-hybridized carbons (Fsp3) is 0.412. The predicted octanol–water partition coefficient (Wildman–Crippen LogP) is 3.93. The topological polar surface area (TPSA) is 55.1 Å². The highest BCUT2D eigenvalue weighted by Gasteiger charge is 2.26. The van der Waals surface area contributed by atoms with Crippen molar-refractivity contribution in [3.05, 3.63) is 47.3 Å². The van der Waals surface area contributed by atoms with Crippen molar-refractivity contribution in [2.75, 3.05) is 0 Å². The van der Waals surface area contributed by atoms with E-state index < -0.39 is 5.97 Å². The summed E-state index contributed by atoms with van der Waals surface area (Å²) >= 11 is 0. The summed E-state index contributed by atoms with van der Waals surface area (Å²) in [4.78, 5) is 11.5. The number of carboxylic acid groups (broad SMARTS) is 1. The van der Waals surface area contributed by atoms with Crippen LogP contribution >= 0.6 is 0 Å². The molecule has 4 nitrogen and oxygen atoms in total. The number of hydrogen-bond acceptors (Lipinski definition) is 2. The van der Waals surface area contributed by atoms with Crippen LogP contribution in [0, 0.1) is 6.92 Å². The summed E-state index contributed by atoms with van der Waals surface area (Å²) < 4.78 is 1.83. The lowest BCUT2D eigenvalue weighted by Crippen LogP contribution is -2.14. The molecule has 1 aromatic heterocycles. The van der Waals surface area contributed by atoms with E-state index in [4.69, 9.17) is 0 Å². The third-order valence-electron chi connectivity index (χ3n) is 4.27. The van der Waals surface area contributed by atoms with Crippen molar-refractivity contribution in [3.63, 3.8) is 0 Å². The monoisotopic (exact) mass is 284 g/mol. The van der Waals surface area contributed by atoms with Crippen LogP contribution in [0.5, 0.6) is 0 Å². The Morgan fingerprint density at radius 2 is 2.05 bits per heavy atom. The SMILES string of the molecule is Cc1cccc(-n2ncc(C(=O)O)c2C2CCCCC2)c1. The number of hydrogen-bond donors (Lipinski definition) is 1. The average Bonchev–Trinajstić information content (AvgIpc) is 2.93. The number of aromatic nitrogens is 2. The van der Waals surface area contributed by atoms with Crippen molar-refractivity contribution in [2.24, 2.45) is 0 Å². The van der Waals surface area contributed by atoms with Crippen molar-refractivity contribution >= 4 is 5.97 Å². The van der Waals surface area contributed by atoms with Gasteiger partial charge in [-0.05, 0) is 37.5 Å². The standard InChI is InChI=1S/C17H20N2O2/c1-12-6-5-9-14(10-12)19-16(13-7-3-2-4-8-13)15(11-18-19)17(20)21/h5-6,9-11,13H,2-4,7-8H2,1H3,(H,20,21). The van der Waals surface area contributed by atoms with E-state index in [1.165, 1.54) is 25.5 Å². The molecule has 3 rings (SSSR count). The lowest BCUT2D eigenvalue weighted by Gasteiger charge is -2.23. The first kappa shape index (κ1) is 13.9. The fourth-order valence-corrected chi connectivity index (χ4v) is 3.26. The van der Waals surface area contributed by atoms with Gasteiger partial charge in [0, 0.05) is 5.92 Å². The molecule has 1 aliphatic carbocycles. The Balaban J connectivity index is 2.10. The van der Waals surface area contributed by atoms with Crippen LogP contribution in [-0.2, 0) is 0 Å². The Hall–Kier alpha value is -2.10. The molecule has 1 aliphatic rings. The van der Waals surface area contributed by atoms with E-state index in [1.807, 2.05) is 35.9 Å². The maximum Gasteiger partial charge on any atom is 0.339 e. The number of rotatable bonds is 3. The van der Waals surface area contributed by atoms with Crippen LogP contribution < -0.4 is 0 Å². The van der Waals surface area contributed by atoms with E-state index in [-0.39, 0.29) is 0 Å². The lowest BCUT2D eigenvalue weighted by atomic mass is 9.85. The molecule has 1 saturated carbocycles. The van der Waals surface area contributed by atoms with Crippen molar-refractivity contribution in [1.82, 2.24) is 9.78 Å². The first-order chi connectivity index (χ1) is 10.2. The summed E-state index contributed by atoms with van der Waals surface area (Å²) in [6, 6.07) is 8.05. The number of carbonyl (C=O) groups is 1. The Morgan fingerprint density at radius 3 is 2.71 bits per heavy atom. The van der Waals surface area contributed by atoms with E-state index in [0.29, 0.717) is 11.5 Å². The summed E-state index contributed by atoms with van der Waals surface area (Å²) in [6.07, 6.45) is 7.19. The van der Waals surface area contributed by atoms with Gasteiger partial charge in [-0.25, -0.2) is 9.48 Å². The summed E-state index contributed by atoms with van der Waals surface area (Å²) in [6.45, 7) is 2.03. The average molecular weight is 284 g/mol. The van der Waals surface area contributed by atoms with Crippen LogP contribution in [0.2, 0.25) is 0 Å². The summed E-state index contributed by atoms with van der Waals surface area (Å²) in [5.74, 6) is -0.581. The summed E-state index contributed by atoms with van der Waals surface area (Å²) in [7, 11) is 0. The van der Waals surface area contributed by atoms with Crippen LogP contribution in [0.25, 0.3) is 5.69 Å². The lowest BCUT2D eigenvalue weighted by molar-refractivity contribution is 0.0694. The van der Waals surface area contributed by atoms with Gasteiger partial charge in [0.15, 0.2) is 0 Å². The third kappa shape index (κ3) is 2.71. The van der Waals surface area contributed by atoms with Gasteiger partial charge in [-0.2, -0.15) is 5.10 Å². The van der Waals surface area contributed by atoms with Gasteiger partial charge in [-0.15, -0.1) is 0 Å². The Kier molecular flexibility index (Phi) is 3.78. The van der Waals surface area contributed by atoms with Gasteiger partial charge in [0.25, 0.3) is 0 Å². The quantitative estimate of drug-likeness (QED) is 0.929. The van der Waals surface area contributed by atoms with Crippen molar-refractivity contribution < 1.29 is 9.90 Å². The van der Waals surface area contributed by atoms with Crippen LogP contribution in [0.15, 0.2) is 30.5 Å². The largest absolute Gasteiger partial charge is 0.478 e. The number of benzene rings is 1. The van der Waals surface area contributed by atoms with Gasteiger partial charge in [-0.1, -0.05) is 31.4 Å². The molecule has 1 aromatic carbocycles. The fourth-order valence-electron chi connectivity index (χ4n) is 3.26. The van der Waals surface area contributed by atoms with Gasteiger partial charge in [0.05, 0.1) is 17.6 Å². The van der Waals surface area contributed by atoms with Crippen LogP contribution in [0.3, 0.4) is 0 Å². The second-order valence-electron chi connectivity index (χ2n) is 5.83. The molecular weight excluding hydrogens is 264 g/mol. The highest BCUT2D eigenvalue weighted by atomic mass is 16.4. The summed E-state index contributed by atoms with van der Waals surface area (Å²) in [5, 5.41) is 13.8. The molecule has 110 valence electrons. The smallest absolute Gasteiger partial charge is 0.339 e. The molecule has 2 aromatic rings. The molecule has 1 fully saturated rings. The molecule has 0 atom stereocenters. The van der Waals surface area contributed by atoms with Crippen LogP contribution in [0.4, 0.5) is 0 Å². The summed E-state index contributed by atoms with van der Waals surface area (Å²) in [5.41, 5.74) is 3.31. The number of carboxylic acids is 1. The second-order valence-corrected chi connectivity index (χ2v) is 5.83. The first-order valence-corrected chi connectivity index (χ1v) is 7.55. The van der Waals surface area contributed by atoms with E-state index >= 15 is 0 Å². The normalized spacial score (nSPS) is 16.0. The number of aromatic carboxylic acids is 1. The zero-order chi connectivity index (χ0) is 14.8. The van der Waals surface area contributed by atoms with Gasteiger partial charge >= 0.3 is 5.97 Å². The maximum absolute atomic E-state index is 11.5. The van der Waals surface area contributed by atoms with Gasteiger partial charge in [0.2, 0.25) is 0 Å². The molecule has 0 unspecified atom stereocenters. The van der Waals surface area contributed by atoms with E-state index in [2.05, 4.69) is 5.10 Å². The molecule has 0 amide bonds. The molecule has 1 N–H and O–H groups in total. The van der Waals surface area contributed by atoms with Gasteiger partial charge in [0.1, 0.15) is 5.56 Å². The van der Waals surface area contributed by atoms with E-state index in [0.717, 1.165) is 29.8 Å². The number of nitrogens with zero attached hydrogens (tertiary/aromatic N) is 2. The maximum atomic E-state index is 11.5. The molecule has 0 saturated heterocycles. The zero-order valence-corrected chi connectivity index (χ0v) is 12.2. The van der Waals surface area contributed by atoms with E-state index in [1.54, 1.807) is 0 Å². The Morgan fingerprint density at radius 1 is 1.29 bits per heavy atom. The molecule has 0 spiro atoms. The van der Waals surface area contributed by atoms with Gasteiger partial charge < -0.3 is 5.11 Å². The molecule has 21 heavy (non-hydrogen) atoms. The molecule has 0 radical (unpaired) electrons. The van der Waals surface area contributed by atoms with Crippen LogP contribution in [-0.4, -0.2) is 20.9 Å². The van der Waals surface area contributed by atoms with Crippen LogP contribution in [0.1, 0.15) is 59.6 Å². The highest BCUT2D eigenvalue weighted by molar-refractivity contribution is 5.89. The first-order valence-electron chi connectivity index (χ1n) is 7.55. The molecule has 0 bridgehead atoms. The molecule has 1 heterocycles. The zero-order valence-electron chi connectivity index (χ0n) is 12.2. The molecule has 4 heteroatoms. The minimum atomic E-state index is -0.880. The third-order valence-corrected chi connectivity index (χ3v) is 4.27. The van der Waals surface area contributed by atoms with Crippen molar-refractivity contribution in [3.8, 4) is 5.69 Å². The second kappa shape index (κ2) is 5.72. The Labute approximate surface area is 124 Å². The van der Waals surface area contributed by atoms with Crippen molar-refractivity contribution in [2.45, 2.75) is 44.9 Å². The minimum Gasteiger partial charge on any atom is -0.478 e. The highest BCUT2D eigenvalue weighted by Crippen LogP contribution is 2.35. The molecular formula is C17H20N2O2. The minimum absolute atomic E-state index is 0.299. The van der Waals surface area contributed by atoms with Crippen molar-refractivity contribution in [1.29, 1.82) is 0 Å². The molecule has 0 aliphatic heterocycles. The van der Waals surface area contributed by atoms with Gasteiger partial charge in [-0.3, -0.25) is 0 Å². The predicted molar refractivity (Wildman–Crippen MR) is 81.1 cm³/mol. The van der Waals surface area contributed by atoms with E-state index in [9.17, 15) is 9.90 Å². The number of aryl methyl sites for hydroxylation is 1. The Bertz CT molecular complexity index is 655.